The number of carbonyl (C=O) groups is 1. The quantitative estimate of drug-likeness (QED) is 0.756. The Kier molecular flexibility index (Phi) is 4.76. The number of hydrogen-bond donors (Lipinski definition) is 2. The minimum absolute atomic E-state index is 0.234. The van der Waals surface area contributed by atoms with E-state index < -0.39 is 0 Å². The molecule has 0 unspecified atom stereocenters. The van der Waals surface area contributed by atoms with E-state index in [0.717, 1.165) is 16.9 Å². The predicted molar refractivity (Wildman–Crippen MR) is 91.9 cm³/mol. The summed E-state index contributed by atoms with van der Waals surface area (Å²) in [4.78, 5) is 24.6. The zero-order valence-corrected chi connectivity index (χ0v) is 13.2. The van der Waals surface area contributed by atoms with Gasteiger partial charge in [-0.15, -0.1) is 0 Å². The van der Waals surface area contributed by atoms with Gasteiger partial charge < -0.3 is 10.6 Å². The Labute approximate surface area is 140 Å². The van der Waals surface area contributed by atoms with Crippen molar-refractivity contribution in [2.45, 2.75) is 13.5 Å². The van der Waals surface area contributed by atoms with Gasteiger partial charge in [-0.05, 0) is 36.8 Å². The van der Waals surface area contributed by atoms with Crippen LogP contribution < -0.4 is 10.6 Å². The molecule has 120 valence electrons. The highest BCUT2D eigenvalue weighted by Gasteiger charge is 2.07. The number of aromatic nitrogens is 3. The predicted octanol–water partition coefficient (Wildman–Crippen LogP) is 2.85. The Morgan fingerprint density at radius 2 is 1.88 bits per heavy atom. The summed E-state index contributed by atoms with van der Waals surface area (Å²) in [7, 11) is 0. The van der Waals surface area contributed by atoms with Crippen LogP contribution in [0.1, 0.15) is 21.6 Å². The highest BCUT2D eigenvalue weighted by Crippen LogP contribution is 2.14. The van der Waals surface area contributed by atoms with E-state index in [9.17, 15) is 4.79 Å². The summed E-state index contributed by atoms with van der Waals surface area (Å²) in [6.07, 6.45) is 4.69. The van der Waals surface area contributed by atoms with Crippen LogP contribution in [0.3, 0.4) is 0 Å². The molecular formula is C18H17N5O. The van der Waals surface area contributed by atoms with Gasteiger partial charge in [0.25, 0.3) is 5.91 Å². The Hall–Kier alpha value is -3.28. The second kappa shape index (κ2) is 7.32. The van der Waals surface area contributed by atoms with Gasteiger partial charge >= 0.3 is 0 Å². The molecular weight excluding hydrogens is 302 g/mol. The molecule has 0 radical (unpaired) electrons. The van der Waals surface area contributed by atoms with Crippen molar-refractivity contribution in [3.63, 3.8) is 0 Å². The summed E-state index contributed by atoms with van der Waals surface area (Å²) in [5.74, 6) is 0.213. The summed E-state index contributed by atoms with van der Waals surface area (Å²) in [5, 5.41) is 5.89. The van der Waals surface area contributed by atoms with E-state index >= 15 is 0 Å². The van der Waals surface area contributed by atoms with Gasteiger partial charge in [-0.2, -0.15) is 0 Å². The Morgan fingerprint density at radius 3 is 2.58 bits per heavy atom. The van der Waals surface area contributed by atoms with Crippen molar-refractivity contribution in [2.75, 3.05) is 5.32 Å². The number of benzene rings is 1. The number of pyridine rings is 1. The van der Waals surface area contributed by atoms with Crippen molar-refractivity contribution in [2.24, 2.45) is 0 Å². The number of hydrogen-bond acceptors (Lipinski definition) is 5. The normalized spacial score (nSPS) is 10.2. The average molecular weight is 319 g/mol. The molecule has 0 bridgehead atoms. The first kappa shape index (κ1) is 15.6. The Balaban J connectivity index is 1.60. The Bertz CT molecular complexity index is 818. The van der Waals surface area contributed by atoms with E-state index in [1.165, 1.54) is 12.4 Å². The first-order valence-corrected chi connectivity index (χ1v) is 7.54. The number of amides is 1. The maximum Gasteiger partial charge on any atom is 0.254 e. The lowest BCUT2D eigenvalue weighted by atomic mass is 10.2. The van der Waals surface area contributed by atoms with E-state index in [1.54, 1.807) is 6.20 Å². The van der Waals surface area contributed by atoms with Gasteiger partial charge in [0.05, 0.1) is 17.8 Å². The lowest BCUT2D eigenvalue weighted by molar-refractivity contribution is 0.0949. The largest absolute Gasteiger partial charge is 0.346 e. The molecule has 24 heavy (non-hydrogen) atoms. The van der Waals surface area contributed by atoms with Crippen molar-refractivity contribution in [1.29, 1.82) is 0 Å². The fourth-order valence-corrected chi connectivity index (χ4v) is 2.14. The lowest BCUT2D eigenvalue weighted by Crippen LogP contribution is -2.23. The fourth-order valence-electron chi connectivity index (χ4n) is 2.14. The summed E-state index contributed by atoms with van der Waals surface area (Å²) in [6.45, 7) is 2.38. The van der Waals surface area contributed by atoms with E-state index in [4.69, 9.17) is 0 Å². The van der Waals surface area contributed by atoms with Gasteiger partial charge in [-0.3, -0.25) is 9.78 Å². The second-order valence-corrected chi connectivity index (χ2v) is 5.29. The van der Waals surface area contributed by atoms with Crippen molar-refractivity contribution >= 4 is 17.5 Å². The average Bonchev–Trinajstić information content (AvgIpc) is 2.61. The molecule has 2 N–H and O–H groups in total. The van der Waals surface area contributed by atoms with Crippen LogP contribution in [0.4, 0.5) is 11.6 Å². The third kappa shape index (κ3) is 4.13. The first-order valence-electron chi connectivity index (χ1n) is 7.54. The highest BCUT2D eigenvalue weighted by atomic mass is 16.1. The third-order valence-electron chi connectivity index (χ3n) is 3.34. The molecule has 0 saturated carbocycles. The number of anilines is 2. The zero-order valence-electron chi connectivity index (χ0n) is 13.2. The topological polar surface area (TPSA) is 79.8 Å². The molecule has 2 heterocycles. The smallest absolute Gasteiger partial charge is 0.254 e. The van der Waals surface area contributed by atoms with Gasteiger partial charge in [0.2, 0.25) is 5.95 Å². The van der Waals surface area contributed by atoms with Crippen LogP contribution in [-0.2, 0) is 6.54 Å². The fraction of sp³-hybridized carbons (Fsp3) is 0.111. The lowest BCUT2D eigenvalue weighted by Gasteiger charge is -2.07. The maximum absolute atomic E-state index is 12.1. The molecule has 0 saturated heterocycles. The number of rotatable bonds is 5. The third-order valence-corrected chi connectivity index (χ3v) is 3.34. The van der Waals surface area contributed by atoms with Gasteiger partial charge in [0.15, 0.2) is 0 Å². The van der Waals surface area contributed by atoms with E-state index in [1.807, 2.05) is 49.4 Å². The SMILES string of the molecule is Cc1cccc(Nc2ncc(C(=O)NCc3ccccn3)cn2)c1. The van der Waals surface area contributed by atoms with Gasteiger partial charge in [0.1, 0.15) is 0 Å². The highest BCUT2D eigenvalue weighted by molar-refractivity contribution is 5.93. The molecule has 0 atom stereocenters. The minimum atomic E-state index is -0.234. The molecule has 6 heteroatoms. The van der Waals surface area contributed by atoms with Gasteiger partial charge in [0, 0.05) is 24.3 Å². The zero-order chi connectivity index (χ0) is 16.8. The molecule has 1 aromatic carbocycles. The first-order chi connectivity index (χ1) is 11.7. The summed E-state index contributed by atoms with van der Waals surface area (Å²) in [5.41, 5.74) is 3.25. The minimum Gasteiger partial charge on any atom is -0.346 e. The van der Waals surface area contributed by atoms with Crippen molar-refractivity contribution in [3.05, 3.63) is 77.9 Å². The van der Waals surface area contributed by atoms with Gasteiger partial charge in [-0.25, -0.2) is 9.97 Å². The van der Waals surface area contributed by atoms with Crippen molar-refractivity contribution in [3.8, 4) is 0 Å². The molecule has 0 fully saturated rings. The van der Waals surface area contributed by atoms with E-state index in [2.05, 4.69) is 25.6 Å². The monoisotopic (exact) mass is 319 g/mol. The van der Waals surface area contributed by atoms with Crippen LogP contribution in [0.2, 0.25) is 0 Å². The van der Waals surface area contributed by atoms with Crippen LogP contribution >= 0.6 is 0 Å². The van der Waals surface area contributed by atoms with Crippen LogP contribution in [0.5, 0.6) is 0 Å². The van der Waals surface area contributed by atoms with Crippen LogP contribution in [0.25, 0.3) is 0 Å². The molecule has 0 aliphatic carbocycles. The molecule has 6 nitrogen and oxygen atoms in total. The number of aryl methyl sites for hydroxylation is 1. The standard InChI is InChI=1S/C18H17N5O/c1-13-5-4-7-15(9-13)23-18-21-10-14(11-22-18)17(24)20-12-16-6-2-3-8-19-16/h2-11H,12H2,1H3,(H,20,24)(H,21,22,23). The molecule has 1 amide bonds. The van der Waals surface area contributed by atoms with Crippen LogP contribution in [0, 0.1) is 6.92 Å². The van der Waals surface area contributed by atoms with E-state index in [0.29, 0.717) is 18.1 Å². The molecule has 3 rings (SSSR count). The molecule has 0 spiro atoms. The molecule has 0 aliphatic rings. The number of nitrogens with zero attached hydrogens (tertiary/aromatic N) is 3. The molecule has 0 aliphatic heterocycles. The summed E-state index contributed by atoms with van der Waals surface area (Å²) >= 11 is 0. The van der Waals surface area contributed by atoms with Crippen molar-refractivity contribution < 1.29 is 4.79 Å². The second-order valence-electron chi connectivity index (χ2n) is 5.29. The maximum atomic E-state index is 12.1. The number of carbonyl (C=O) groups excluding carboxylic acids is 1. The number of nitrogens with one attached hydrogen (secondary N) is 2. The Morgan fingerprint density at radius 1 is 1.04 bits per heavy atom. The van der Waals surface area contributed by atoms with Crippen LogP contribution in [0.15, 0.2) is 61.1 Å². The van der Waals surface area contributed by atoms with Gasteiger partial charge in [-0.1, -0.05) is 18.2 Å². The summed E-state index contributed by atoms with van der Waals surface area (Å²) in [6, 6.07) is 13.5. The molecule has 2 aromatic heterocycles. The molecule has 3 aromatic rings. The summed E-state index contributed by atoms with van der Waals surface area (Å²) < 4.78 is 0. The van der Waals surface area contributed by atoms with E-state index in [-0.39, 0.29) is 5.91 Å². The van der Waals surface area contributed by atoms with Crippen molar-refractivity contribution in [1.82, 2.24) is 20.3 Å². The van der Waals surface area contributed by atoms with Crippen LogP contribution in [-0.4, -0.2) is 20.9 Å².